The van der Waals surface area contributed by atoms with Crippen LogP contribution in [0.15, 0.2) is 85.5 Å². The Hall–Kier alpha value is -1.87. The monoisotopic (exact) mass is 367 g/mol. The second-order valence-electron chi connectivity index (χ2n) is 5.27. The molecular weight excluding hydrogens is 354 g/mol. The Kier molecular flexibility index (Phi) is 2.78. The molecule has 0 saturated heterocycles. The number of rotatable bonds is 2. The van der Waals surface area contributed by atoms with E-state index in [1.54, 1.807) is 45.6 Å². The van der Waals surface area contributed by atoms with E-state index in [0.717, 1.165) is 0 Å². The molecule has 0 fully saturated rings. The summed E-state index contributed by atoms with van der Waals surface area (Å²) in [5.74, 6) is 1.00. The summed E-state index contributed by atoms with van der Waals surface area (Å²) >= 11 is 14.4. The summed E-state index contributed by atoms with van der Waals surface area (Å²) in [5.41, 5.74) is 0. The Morgan fingerprint density at radius 2 is 1.00 bits per heavy atom. The van der Waals surface area contributed by atoms with Gasteiger partial charge in [-0.2, -0.15) is 0 Å². The van der Waals surface area contributed by atoms with Gasteiger partial charge in [0.15, 0.2) is 0 Å². The van der Waals surface area contributed by atoms with Crippen molar-refractivity contribution in [3.63, 3.8) is 0 Å². The van der Waals surface area contributed by atoms with Gasteiger partial charge >= 0.3 is 143 Å². The number of aromatic nitrogens is 2. The zero-order valence-corrected chi connectivity index (χ0v) is 14.4. The number of pyridine rings is 2. The molecule has 0 radical (unpaired) electrons. The van der Waals surface area contributed by atoms with Crippen LogP contribution in [0.1, 0.15) is 0 Å². The number of hydrogen-bond acceptors (Lipinski definition) is 2. The number of benzene rings is 1. The van der Waals surface area contributed by atoms with E-state index in [-0.39, 0.29) is 0 Å². The molecule has 3 heterocycles. The molecule has 3 aromatic rings. The summed E-state index contributed by atoms with van der Waals surface area (Å²) < 4.78 is 15.6. The first kappa shape index (κ1) is 14.7. The van der Waals surface area contributed by atoms with Gasteiger partial charge in [0.25, 0.3) is 0 Å². The molecule has 1 aliphatic rings. The number of hydrogen-bond donors (Lipinski definition) is 0. The molecule has 7 heteroatoms. The van der Waals surface area contributed by atoms with Crippen molar-refractivity contribution in [1.29, 1.82) is 0 Å². The average Bonchev–Trinajstić information content (AvgIpc) is 2.88. The predicted molar refractivity (Wildman–Crippen MR) is 90.4 cm³/mol. The second kappa shape index (κ2) is 4.35. The molecule has 0 bridgehead atoms. The van der Waals surface area contributed by atoms with Crippen molar-refractivity contribution in [2.75, 3.05) is 0 Å². The standard InChI is InChI=1S/C16H14Cl2N2O2P/c17-23(18,19-11-5-1-6-12-19,20-13-7-2-8-14-20)21-15-9-3-4-10-16(15)22-23/h1-14H/q+1. The van der Waals surface area contributed by atoms with E-state index in [4.69, 9.17) is 31.5 Å². The fourth-order valence-electron chi connectivity index (χ4n) is 2.65. The molecule has 0 amide bonds. The van der Waals surface area contributed by atoms with Crippen molar-refractivity contribution < 1.29 is 17.7 Å². The molecule has 118 valence electrons. The molecule has 0 saturated carbocycles. The zero-order chi connectivity index (χ0) is 16.0. The summed E-state index contributed by atoms with van der Waals surface area (Å²) in [6.45, 7) is 0. The summed E-state index contributed by atoms with van der Waals surface area (Å²) in [6.07, 6.45) is 6.95. The van der Waals surface area contributed by atoms with Gasteiger partial charge in [-0.15, -0.1) is 0 Å². The minimum atomic E-state index is -5.15. The summed E-state index contributed by atoms with van der Waals surface area (Å²) in [4.78, 5) is 0. The van der Waals surface area contributed by atoms with Crippen molar-refractivity contribution in [3.8, 4) is 11.5 Å². The van der Waals surface area contributed by atoms with Crippen LogP contribution in [-0.2, 0) is 0 Å². The Balaban J connectivity index is 2.09. The molecule has 0 spiro atoms. The van der Waals surface area contributed by atoms with Gasteiger partial charge in [-0.3, -0.25) is 0 Å². The minimum absolute atomic E-state index is 0.501. The maximum absolute atomic E-state index is 7.18. The van der Waals surface area contributed by atoms with Gasteiger partial charge in [-0.25, -0.2) is 0 Å². The van der Waals surface area contributed by atoms with Crippen molar-refractivity contribution in [3.05, 3.63) is 85.5 Å². The molecule has 2 aromatic heterocycles. The van der Waals surface area contributed by atoms with Gasteiger partial charge in [-0.05, 0) is 0 Å². The molecule has 4 nitrogen and oxygen atoms in total. The number of halogens is 2. The van der Waals surface area contributed by atoms with E-state index in [2.05, 4.69) is 0 Å². The number of nitrogens with zero attached hydrogens (tertiary/aromatic N) is 2. The fraction of sp³-hybridized carbons (Fsp3) is 0. The molecule has 0 atom stereocenters. The molecular formula is C16H14Cl2N2O2P+. The van der Waals surface area contributed by atoms with E-state index < -0.39 is 5.40 Å². The Bertz CT molecular complexity index is 830. The van der Waals surface area contributed by atoms with Crippen LogP contribution in [-0.4, -0.2) is 0 Å². The third-order valence-electron chi connectivity index (χ3n) is 3.75. The summed E-state index contributed by atoms with van der Waals surface area (Å²) in [6, 6.07) is 18.3. The van der Waals surface area contributed by atoms with Crippen molar-refractivity contribution in [2.24, 2.45) is 0 Å². The van der Waals surface area contributed by atoms with Gasteiger partial charge in [0.1, 0.15) is 0 Å². The van der Waals surface area contributed by atoms with E-state index in [1.807, 2.05) is 48.5 Å². The molecule has 0 unspecified atom stereocenters. The zero-order valence-electron chi connectivity index (χ0n) is 12.0. The Morgan fingerprint density at radius 3 is 1.39 bits per heavy atom. The molecule has 4 rings (SSSR count). The molecule has 1 aliphatic heterocycles. The van der Waals surface area contributed by atoms with E-state index in [9.17, 15) is 0 Å². The third kappa shape index (κ3) is 1.89. The molecule has 23 heavy (non-hydrogen) atoms. The number of para-hydroxylation sites is 2. The first-order valence-electron chi connectivity index (χ1n) is 7.04. The SMILES string of the molecule is Cl[P-]1(Cl)([n+]2ccccc2)([n+]2ccccc2)Oc2ccccc2O1. The predicted octanol–water partition coefficient (Wildman–Crippen LogP) is 4.19. The first-order chi connectivity index (χ1) is 11.0. The first-order valence-corrected chi connectivity index (χ1v) is 11.3. The van der Waals surface area contributed by atoms with E-state index >= 15 is 0 Å². The Morgan fingerprint density at radius 1 is 0.609 bits per heavy atom. The molecule has 0 N–H and O–H groups in total. The Labute approximate surface area is 142 Å². The quantitative estimate of drug-likeness (QED) is 0.635. The molecule has 0 aliphatic carbocycles. The van der Waals surface area contributed by atoms with Gasteiger partial charge in [0, 0.05) is 0 Å². The van der Waals surface area contributed by atoms with Crippen LogP contribution in [0.25, 0.3) is 0 Å². The normalized spacial score (nSPS) is 22.2. The maximum atomic E-state index is 7.18. The number of fused-ring (bicyclic) bond motifs is 1. The van der Waals surface area contributed by atoms with Gasteiger partial charge < -0.3 is 0 Å². The van der Waals surface area contributed by atoms with Crippen molar-refractivity contribution >= 4 is 27.9 Å². The van der Waals surface area contributed by atoms with Gasteiger partial charge in [-0.1, -0.05) is 0 Å². The van der Waals surface area contributed by atoms with Crippen LogP contribution in [0.5, 0.6) is 11.5 Å². The summed E-state index contributed by atoms with van der Waals surface area (Å²) in [5, 5.41) is -5.15. The van der Waals surface area contributed by atoms with Crippen LogP contribution < -0.4 is 17.7 Å². The van der Waals surface area contributed by atoms with Crippen LogP contribution in [0, 0.1) is 0 Å². The van der Waals surface area contributed by atoms with Gasteiger partial charge in [0.2, 0.25) is 0 Å². The average molecular weight is 368 g/mol. The third-order valence-corrected chi connectivity index (χ3v) is 10.2. The summed E-state index contributed by atoms with van der Waals surface area (Å²) in [7, 11) is 0. The second-order valence-corrected chi connectivity index (χ2v) is 13.8. The molecule has 1 aromatic carbocycles. The van der Waals surface area contributed by atoms with Crippen LogP contribution in [0.3, 0.4) is 0 Å². The van der Waals surface area contributed by atoms with Crippen LogP contribution in [0.4, 0.5) is 0 Å². The van der Waals surface area contributed by atoms with Crippen molar-refractivity contribution in [2.45, 2.75) is 0 Å². The van der Waals surface area contributed by atoms with E-state index in [0.29, 0.717) is 11.5 Å². The van der Waals surface area contributed by atoms with Gasteiger partial charge in [0.05, 0.1) is 0 Å². The van der Waals surface area contributed by atoms with Crippen molar-refractivity contribution in [1.82, 2.24) is 0 Å². The fourth-order valence-corrected chi connectivity index (χ4v) is 7.90. The van der Waals surface area contributed by atoms with Crippen LogP contribution >= 0.6 is 27.9 Å². The van der Waals surface area contributed by atoms with Crippen LogP contribution in [0.2, 0.25) is 0 Å². The topological polar surface area (TPSA) is 26.2 Å². The van der Waals surface area contributed by atoms with E-state index in [1.165, 1.54) is 0 Å².